The Morgan fingerprint density at radius 2 is 1.96 bits per heavy atom. The van der Waals surface area contributed by atoms with Gasteiger partial charge in [-0.1, -0.05) is 12.1 Å². The Kier molecular flexibility index (Phi) is 3.78. The van der Waals surface area contributed by atoms with Gasteiger partial charge < -0.3 is 15.4 Å². The standard InChI is InChI=1S/C18H18N2O3/c1-10-4-5-11(2)14(8-10)19-18(22)13-6-7-16-15(9-13)20-17(21)12(3)23-16/h4-9,12H,1-3H3,(H,19,22)(H,20,21). The highest BCUT2D eigenvalue weighted by molar-refractivity contribution is 6.06. The molecule has 5 nitrogen and oxygen atoms in total. The fourth-order valence-corrected chi connectivity index (χ4v) is 2.42. The van der Waals surface area contributed by atoms with Crippen LogP contribution in [0, 0.1) is 13.8 Å². The van der Waals surface area contributed by atoms with Gasteiger partial charge in [0.2, 0.25) is 0 Å². The number of ether oxygens (including phenoxy) is 1. The summed E-state index contributed by atoms with van der Waals surface area (Å²) in [6, 6.07) is 10.9. The van der Waals surface area contributed by atoms with Crippen molar-refractivity contribution in [3.05, 3.63) is 53.1 Å². The summed E-state index contributed by atoms with van der Waals surface area (Å²) in [7, 11) is 0. The molecule has 2 aromatic carbocycles. The molecule has 0 fully saturated rings. The zero-order valence-electron chi connectivity index (χ0n) is 13.3. The lowest BCUT2D eigenvalue weighted by atomic mass is 10.1. The summed E-state index contributed by atoms with van der Waals surface area (Å²) >= 11 is 0. The first kappa shape index (κ1) is 15.1. The first-order chi connectivity index (χ1) is 10.9. The molecule has 23 heavy (non-hydrogen) atoms. The third kappa shape index (κ3) is 3.04. The number of amides is 2. The molecule has 3 rings (SSSR count). The predicted molar refractivity (Wildman–Crippen MR) is 89.0 cm³/mol. The molecule has 0 spiro atoms. The summed E-state index contributed by atoms with van der Waals surface area (Å²) in [5, 5.41) is 5.65. The van der Waals surface area contributed by atoms with Gasteiger partial charge in [0, 0.05) is 11.3 Å². The van der Waals surface area contributed by atoms with Crippen LogP contribution in [0.4, 0.5) is 11.4 Å². The van der Waals surface area contributed by atoms with E-state index in [1.165, 1.54) is 0 Å². The van der Waals surface area contributed by atoms with Gasteiger partial charge in [0.15, 0.2) is 6.10 Å². The Morgan fingerprint density at radius 1 is 1.17 bits per heavy atom. The molecular weight excluding hydrogens is 292 g/mol. The molecule has 0 saturated carbocycles. The third-order valence-corrected chi connectivity index (χ3v) is 3.81. The number of anilines is 2. The summed E-state index contributed by atoms with van der Waals surface area (Å²) in [4.78, 5) is 24.1. The Hall–Kier alpha value is -2.82. The number of carbonyl (C=O) groups is 2. The van der Waals surface area contributed by atoms with Gasteiger partial charge in [-0.2, -0.15) is 0 Å². The molecule has 1 aliphatic rings. The number of hydrogen-bond donors (Lipinski definition) is 2. The second-order valence-corrected chi connectivity index (χ2v) is 5.73. The molecule has 1 atom stereocenters. The molecule has 0 saturated heterocycles. The molecule has 0 aromatic heterocycles. The highest BCUT2D eigenvalue weighted by Crippen LogP contribution is 2.30. The van der Waals surface area contributed by atoms with Crippen molar-refractivity contribution in [2.24, 2.45) is 0 Å². The van der Waals surface area contributed by atoms with Crippen molar-refractivity contribution in [1.82, 2.24) is 0 Å². The van der Waals surface area contributed by atoms with Crippen LogP contribution in [0.25, 0.3) is 0 Å². The molecule has 0 aliphatic carbocycles. The Morgan fingerprint density at radius 3 is 2.74 bits per heavy atom. The van der Waals surface area contributed by atoms with Gasteiger partial charge in [0.1, 0.15) is 5.75 Å². The number of carbonyl (C=O) groups excluding carboxylic acids is 2. The minimum atomic E-state index is -0.530. The lowest BCUT2D eigenvalue weighted by Gasteiger charge is -2.23. The Bertz CT molecular complexity index is 799. The molecule has 1 aliphatic heterocycles. The van der Waals surface area contributed by atoms with Crippen molar-refractivity contribution >= 4 is 23.2 Å². The summed E-state index contributed by atoms with van der Waals surface area (Å²) in [5.41, 5.74) is 3.82. The summed E-state index contributed by atoms with van der Waals surface area (Å²) in [6.45, 7) is 5.60. The van der Waals surface area contributed by atoms with E-state index in [1.54, 1.807) is 25.1 Å². The van der Waals surface area contributed by atoms with Crippen molar-refractivity contribution in [1.29, 1.82) is 0 Å². The quantitative estimate of drug-likeness (QED) is 0.894. The van der Waals surface area contributed by atoms with E-state index in [9.17, 15) is 9.59 Å². The Labute approximate surface area is 134 Å². The minimum Gasteiger partial charge on any atom is -0.479 e. The minimum absolute atomic E-state index is 0.218. The first-order valence-electron chi connectivity index (χ1n) is 7.44. The number of rotatable bonds is 2. The molecule has 1 heterocycles. The zero-order chi connectivity index (χ0) is 16.6. The van der Waals surface area contributed by atoms with Crippen LogP contribution in [0.5, 0.6) is 5.75 Å². The smallest absolute Gasteiger partial charge is 0.265 e. The van der Waals surface area contributed by atoms with E-state index >= 15 is 0 Å². The second-order valence-electron chi connectivity index (χ2n) is 5.73. The molecular formula is C18H18N2O3. The molecule has 0 radical (unpaired) electrons. The summed E-state index contributed by atoms with van der Waals surface area (Å²) in [5.74, 6) is 0.124. The highest BCUT2D eigenvalue weighted by atomic mass is 16.5. The van der Waals surface area contributed by atoms with E-state index in [0.29, 0.717) is 17.0 Å². The van der Waals surface area contributed by atoms with Crippen LogP contribution in [0.1, 0.15) is 28.4 Å². The maximum Gasteiger partial charge on any atom is 0.265 e. The molecule has 1 unspecified atom stereocenters. The van der Waals surface area contributed by atoms with Gasteiger partial charge in [0.05, 0.1) is 5.69 Å². The molecule has 118 valence electrons. The van der Waals surface area contributed by atoms with Gasteiger partial charge >= 0.3 is 0 Å². The van der Waals surface area contributed by atoms with Gasteiger partial charge in [-0.15, -0.1) is 0 Å². The summed E-state index contributed by atoms with van der Waals surface area (Å²) in [6.07, 6.45) is -0.530. The van der Waals surface area contributed by atoms with E-state index in [-0.39, 0.29) is 11.8 Å². The van der Waals surface area contributed by atoms with E-state index < -0.39 is 6.10 Å². The van der Waals surface area contributed by atoms with Gasteiger partial charge in [-0.3, -0.25) is 9.59 Å². The van der Waals surface area contributed by atoms with E-state index in [0.717, 1.165) is 16.8 Å². The average Bonchev–Trinajstić information content (AvgIpc) is 2.51. The normalized spacial score (nSPS) is 16.1. The molecule has 5 heteroatoms. The first-order valence-corrected chi connectivity index (χ1v) is 7.44. The van der Waals surface area contributed by atoms with Crippen LogP contribution in [0.2, 0.25) is 0 Å². The van der Waals surface area contributed by atoms with Crippen LogP contribution in [-0.2, 0) is 4.79 Å². The lowest BCUT2D eigenvalue weighted by Crippen LogP contribution is -2.34. The number of fused-ring (bicyclic) bond motifs is 1. The van der Waals surface area contributed by atoms with Crippen LogP contribution in [-0.4, -0.2) is 17.9 Å². The van der Waals surface area contributed by atoms with Crippen molar-refractivity contribution in [2.75, 3.05) is 10.6 Å². The molecule has 2 aromatic rings. The van der Waals surface area contributed by atoms with E-state index in [1.807, 2.05) is 32.0 Å². The number of nitrogens with one attached hydrogen (secondary N) is 2. The van der Waals surface area contributed by atoms with Crippen LogP contribution in [0.15, 0.2) is 36.4 Å². The van der Waals surface area contributed by atoms with Gasteiger partial charge in [-0.05, 0) is 56.2 Å². The van der Waals surface area contributed by atoms with Gasteiger partial charge in [0.25, 0.3) is 11.8 Å². The SMILES string of the molecule is Cc1ccc(C)c(NC(=O)c2ccc3c(c2)NC(=O)C(C)O3)c1. The largest absolute Gasteiger partial charge is 0.479 e. The van der Waals surface area contributed by atoms with Crippen molar-refractivity contribution in [3.8, 4) is 5.75 Å². The Balaban J connectivity index is 1.85. The number of hydrogen-bond acceptors (Lipinski definition) is 3. The highest BCUT2D eigenvalue weighted by Gasteiger charge is 2.24. The molecule has 2 N–H and O–H groups in total. The summed E-state index contributed by atoms with van der Waals surface area (Å²) < 4.78 is 5.49. The second kappa shape index (κ2) is 5.76. The number of benzene rings is 2. The van der Waals surface area contributed by atoms with Crippen LogP contribution < -0.4 is 15.4 Å². The fourth-order valence-electron chi connectivity index (χ4n) is 2.42. The van der Waals surface area contributed by atoms with Crippen LogP contribution in [0.3, 0.4) is 0 Å². The average molecular weight is 310 g/mol. The van der Waals surface area contributed by atoms with E-state index in [2.05, 4.69) is 10.6 Å². The predicted octanol–water partition coefficient (Wildman–Crippen LogP) is 3.28. The monoisotopic (exact) mass is 310 g/mol. The third-order valence-electron chi connectivity index (χ3n) is 3.81. The maximum absolute atomic E-state index is 12.4. The molecule has 2 amide bonds. The number of aryl methyl sites for hydroxylation is 2. The zero-order valence-corrected chi connectivity index (χ0v) is 13.3. The van der Waals surface area contributed by atoms with Crippen molar-refractivity contribution < 1.29 is 14.3 Å². The van der Waals surface area contributed by atoms with Crippen LogP contribution >= 0.6 is 0 Å². The fraction of sp³-hybridized carbons (Fsp3) is 0.222. The van der Waals surface area contributed by atoms with E-state index in [4.69, 9.17) is 4.74 Å². The molecule has 0 bridgehead atoms. The lowest BCUT2D eigenvalue weighted by molar-refractivity contribution is -0.122. The van der Waals surface area contributed by atoms with Crippen molar-refractivity contribution in [3.63, 3.8) is 0 Å². The van der Waals surface area contributed by atoms with Gasteiger partial charge in [-0.25, -0.2) is 0 Å². The topological polar surface area (TPSA) is 67.4 Å². The van der Waals surface area contributed by atoms with Crippen molar-refractivity contribution in [2.45, 2.75) is 26.9 Å². The maximum atomic E-state index is 12.4.